The van der Waals surface area contributed by atoms with Crippen LogP contribution in [0.5, 0.6) is 5.75 Å². The molecular formula is C25H22N2O7. The molecule has 0 unspecified atom stereocenters. The number of aromatic hydroxyl groups is 1. The van der Waals surface area contributed by atoms with E-state index in [1.54, 1.807) is 30.3 Å². The van der Waals surface area contributed by atoms with E-state index < -0.39 is 52.0 Å². The van der Waals surface area contributed by atoms with Crippen LogP contribution in [0, 0.1) is 11.8 Å². The topological polar surface area (TPSA) is 184 Å². The zero-order valence-corrected chi connectivity index (χ0v) is 17.9. The van der Waals surface area contributed by atoms with E-state index in [9.17, 15) is 34.8 Å². The van der Waals surface area contributed by atoms with Crippen LogP contribution in [0.1, 0.15) is 28.8 Å². The van der Waals surface area contributed by atoms with Gasteiger partial charge in [-0.05, 0) is 53.6 Å². The van der Waals surface area contributed by atoms with Gasteiger partial charge in [0.15, 0.2) is 11.4 Å². The number of ketones is 2. The Bertz CT molecular complexity index is 1360. The van der Waals surface area contributed by atoms with Crippen LogP contribution in [0.2, 0.25) is 0 Å². The van der Waals surface area contributed by atoms with Gasteiger partial charge in [-0.3, -0.25) is 14.4 Å². The lowest BCUT2D eigenvalue weighted by Crippen LogP contribution is -2.57. The largest absolute Gasteiger partial charge is 0.511 e. The Morgan fingerprint density at radius 3 is 2.32 bits per heavy atom. The molecule has 0 radical (unpaired) electrons. The molecule has 0 saturated carbocycles. The van der Waals surface area contributed by atoms with E-state index in [0.29, 0.717) is 16.8 Å². The second-order valence-corrected chi connectivity index (χ2v) is 9.02. The maximum absolute atomic E-state index is 13.5. The van der Waals surface area contributed by atoms with Crippen molar-refractivity contribution in [1.82, 2.24) is 0 Å². The maximum atomic E-state index is 13.5. The van der Waals surface area contributed by atoms with Crippen molar-refractivity contribution in [3.05, 3.63) is 70.2 Å². The predicted octanol–water partition coefficient (Wildman–Crippen LogP) is 1.83. The Balaban J connectivity index is 1.68. The van der Waals surface area contributed by atoms with Gasteiger partial charge in [-0.25, -0.2) is 0 Å². The number of hydrogen-bond donors (Lipinski definition) is 6. The van der Waals surface area contributed by atoms with Gasteiger partial charge >= 0.3 is 0 Å². The molecule has 0 aliphatic heterocycles. The molecule has 2 aromatic carbocycles. The number of phenols is 1. The van der Waals surface area contributed by atoms with Crippen LogP contribution in [0.3, 0.4) is 0 Å². The molecule has 2 aromatic rings. The Kier molecular flexibility index (Phi) is 4.60. The minimum atomic E-state index is -2.57. The molecule has 0 fully saturated rings. The lowest BCUT2D eigenvalue weighted by atomic mass is 9.60. The standard InChI is InChI=1S/C25H22N2O7/c26-13-3-1-10(2-4-13)14-5-6-16(28)19-15(14)8-11-7-12-9-17(29)20(24(27)33)23(32)25(12,34)22(31)18(11)21(19)30/h1-6,11-12,28-29,31,34H,7-9,26H2,(H2,27,33)/t11-,12+,25+/m1/s1. The van der Waals surface area contributed by atoms with Crippen molar-refractivity contribution in [3.8, 4) is 16.9 Å². The smallest absolute Gasteiger partial charge is 0.255 e. The van der Waals surface area contributed by atoms with Crippen LogP contribution >= 0.6 is 0 Å². The molecule has 0 saturated heterocycles. The summed E-state index contributed by atoms with van der Waals surface area (Å²) >= 11 is 0. The zero-order valence-electron chi connectivity index (χ0n) is 17.9. The number of primary amides is 1. The number of phenolic OH excluding ortho intramolecular Hbond substituents is 1. The number of nitrogen functional groups attached to an aromatic ring is 1. The van der Waals surface area contributed by atoms with Crippen molar-refractivity contribution in [1.29, 1.82) is 0 Å². The molecule has 3 aliphatic carbocycles. The fraction of sp³-hybridized carbons (Fsp3) is 0.240. The summed E-state index contributed by atoms with van der Waals surface area (Å²) in [5.74, 6) is -6.45. The van der Waals surface area contributed by atoms with Crippen LogP contribution < -0.4 is 11.5 Å². The average Bonchev–Trinajstić information content (AvgIpc) is 2.77. The highest BCUT2D eigenvalue weighted by Crippen LogP contribution is 2.52. The number of amides is 1. The van der Waals surface area contributed by atoms with Gasteiger partial charge < -0.3 is 31.9 Å². The zero-order chi connectivity index (χ0) is 24.5. The van der Waals surface area contributed by atoms with Gasteiger partial charge in [0, 0.05) is 23.6 Å². The van der Waals surface area contributed by atoms with Gasteiger partial charge in [-0.15, -0.1) is 0 Å². The summed E-state index contributed by atoms with van der Waals surface area (Å²) in [4.78, 5) is 38.2. The highest BCUT2D eigenvalue weighted by Gasteiger charge is 2.59. The minimum absolute atomic E-state index is 0.0223. The quantitative estimate of drug-likeness (QED) is 0.288. The number of carbonyl (C=O) groups is 3. The van der Waals surface area contributed by atoms with Gasteiger partial charge in [0.1, 0.15) is 22.8 Å². The lowest BCUT2D eigenvalue weighted by molar-refractivity contribution is -0.144. The van der Waals surface area contributed by atoms with Gasteiger partial charge in [-0.2, -0.15) is 0 Å². The SMILES string of the molecule is NC(=O)C1=C(O)C[C@@H]2C[C@@H]3Cc4c(-c5ccc(N)cc5)ccc(O)c4C(=O)C3=C(O)[C@]2(O)C1=O. The van der Waals surface area contributed by atoms with E-state index in [0.717, 1.165) is 5.56 Å². The van der Waals surface area contributed by atoms with Crippen molar-refractivity contribution < 1.29 is 34.8 Å². The highest BCUT2D eigenvalue weighted by atomic mass is 16.3. The van der Waals surface area contributed by atoms with E-state index in [2.05, 4.69) is 0 Å². The molecule has 9 heteroatoms. The minimum Gasteiger partial charge on any atom is -0.511 e. The highest BCUT2D eigenvalue weighted by molar-refractivity contribution is 6.24. The summed E-state index contributed by atoms with van der Waals surface area (Å²) in [7, 11) is 0. The Hall–Kier alpha value is -4.11. The molecule has 8 N–H and O–H groups in total. The maximum Gasteiger partial charge on any atom is 0.255 e. The first-order valence-electron chi connectivity index (χ1n) is 10.7. The van der Waals surface area contributed by atoms with Gasteiger partial charge in [0.2, 0.25) is 5.78 Å². The fourth-order valence-corrected chi connectivity index (χ4v) is 5.55. The third kappa shape index (κ3) is 2.80. The monoisotopic (exact) mass is 462 g/mol. The van der Waals surface area contributed by atoms with Crippen LogP contribution in [0.4, 0.5) is 5.69 Å². The summed E-state index contributed by atoms with van der Waals surface area (Å²) in [6, 6.07) is 10.1. The molecule has 5 rings (SSSR count). The molecule has 3 aliphatic rings. The summed E-state index contributed by atoms with van der Waals surface area (Å²) in [5, 5.41) is 43.1. The number of benzene rings is 2. The third-order valence-corrected chi connectivity index (χ3v) is 7.17. The van der Waals surface area contributed by atoms with Crippen molar-refractivity contribution in [2.75, 3.05) is 5.73 Å². The molecule has 34 heavy (non-hydrogen) atoms. The molecule has 0 heterocycles. The number of carbonyl (C=O) groups excluding carboxylic acids is 3. The van der Waals surface area contributed by atoms with Gasteiger partial charge in [-0.1, -0.05) is 18.2 Å². The number of aliphatic hydroxyl groups excluding tert-OH is 2. The number of nitrogens with two attached hydrogens (primary N) is 2. The Morgan fingerprint density at radius 1 is 1.00 bits per heavy atom. The first-order chi connectivity index (χ1) is 16.1. The first kappa shape index (κ1) is 21.7. The number of fused-ring (bicyclic) bond motifs is 3. The van der Waals surface area contributed by atoms with Crippen LogP contribution in [-0.4, -0.2) is 43.5 Å². The third-order valence-electron chi connectivity index (χ3n) is 7.17. The van der Waals surface area contributed by atoms with Crippen LogP contribution in [-0.2, 0) is 16.0 Å². The number of allylic oxidation sites excluding steroid dienone is 2. The normalized spacial score (nSPS) is 26.1. The van der Waals surface area contributed by atoms with E-state index >= 15 is 0 Å². The number of anilines is 1. The average molecular weight is 462 g/mol. The number of rotatable bonds is 2. The van der Waals surface area contributed by atoms with Crippen LogP contribution in [0.25, 0.3) is 11.1 Å². The fourth-order valence-electron chi connectivity index (χ4n) is 5.55. The molecule has 0 spiro atoms. The number of hydrogen-bond acceptors (Lipinski definition) is 8. The number of Topliss-reactive ketones (excluding diaryl/α,β-unsaturated/α-hetero) is 2. The van der Waals surface area contributed by atoms with E-state index in [-0.39, 0.29) is 36.1 Å². The second-order valence-electron chi connectivity index (χ2n) is 9.02. The lowest BCUT2D eigenvalue weighted by Gasteiger charge is -2.45. The summed E-state index contributed by atoms with van der Waals surface area (Å²) < 4.78 is 0. The molecule has 3 atom stereocenters. The van der Waals surface area contributed by atoms with E-state index in [1.807, 2.05) is 0 Å². The molecular weight excluding hydrogens is 440 g/mol. The van der Waals surface area contributed by atoms with Gasteiger partial charge in [0.05, 0.1) is 5.56 Å². The number of aliphatic hydroxyl groups is 3. The predicted molar refractivity (Wildman–Crippen MR) is 121 cm³/mol. The van der Waals surface area contributed by atoms with Crippen molar-refractivity contribution in [3.63, 3.8) is 0 Å². The van der Waals surface area contributed by atoms with Crippen molar-refractivity contribution in [2.45, 2.75) is 24.9 Å². The summed E-state index contributed by atoms with van der Waals surface area (Å²) in [6.45, 7) is 0. The molecule has 174 valence electrons. The Labute approximate surface area is 193 Å². The molecule has 1 amide bonds. The van der Waals surface area contributed by atoms with Gasteiger partial charge in [0.25, 0.3) is 5.91 Å². The Morgan fingerprint density at radius 2 is 1.68 bits per heavy atom. The van der Waals surface area contributed by atoms with Crippen LogP contribution in [0.15, 0.2) is 59.1 Å². The van der Waals surface area contributed by atoms with Crippen molar-refractivity contribution in [2.24, 2.45) is 17.6 Å². The van der Waals surface area contributed by atoms with E-state index in [4.69, 9.17) is 11.5 Å². The second kappa shape index (κ2) is 7.19. The summed E-state index contributed by atoms with van der Waals surface area (Å²) in [5.41, 5.74) is 10.0. The molecule has 9 nitrogen and oxygen atoms in total. The van der Waals surface area contributed by atoms with Crippen molar-refractivity contribution >= 4 is 23.2 Å². The molecule has 0 bridgehead atoms. The first-order valence-corrected chi connectivity index (χ1v) is 10.7. The van der Waals surface area contributed by atoms with E-state index in [1.165, 1.54) is 6.07 Å². The summed E-state index contributed by atoms with van der Waals surface area (Å²) in [6.07, 6.45) is 0.0580. The molecule has 0 aromatic heterocycles.